The Bertz CT molecular complexity index is 1810. The van der Waals surface area contributed by atoms with Crippen LogP contribution in [0.3, 0.4) is 0 Å². The Morgan fingerprint density at radius 2 is 1.62 bits per heavy atom. The first kappa shape index (κ1) is 27.1. The van der Waals surface area contributed by atoms with Gasteiger partial charge >= 0.3 is 14.0 Å². The standard InChI is InChI=1S/C26H16F4NO8P/c27-17-8-15(7-16(9-17)26(28,29)30)25-31-18(12-38-25)11-36-20-5-6-21-23(10-20)37-13-22(24(21)32)14-1-3-19(4-2-14)39-40(33,34)35/h1-10,12-13H,11H2,(H2,33,34,35). The van der Waals surface area contributed by atoms with E-state index in [0.717, 1.165) is 18.4 Å². The zero-order valence-electron chi connectivity index (χ0n) is 19.9. The maximum absolute atomic E-state index is 13.7. The summed E-state index contributed by atoms with van der Waals surface area (Å²) in [6, 6.07) is 11.9. The maximum Gasteiger partial charge on any atom is 0.524 e. The molecule has 0 bridgehead atoms. The Balaban J connectivity index is 1.31. The van der Waals surface area contributed by atoms with Crippen LogP contribution in [0, 0.1) is 5.82 Å². The molecular formula is C26H16F4NO8P. The lowest BCUT2D eigenvalue weighted by molar-refractivity contribution is -0.137. The average molecular weight is 577 g/mol. The molecule has 0 fully saturated rings. The highest BCUT2D eigenvalue weighted by molar-refractivity contribution is 7.46. The maximum atomic E-state index is 13.7. The van der Waals surface area contributed by atoms with Crippen molar-refractivity contribution in [1.82, 2.24) is 4.98 Å². The molecule has 2 N–H and O–H groups in total. The van der Waals surface area contributed by atoms with Crippen molar-refractivity contribution in [2.75, 3.05) is 0 Å². The number of rotatable bonds is 7. The third-order valence-electron chi connectivity index (χ3n) is 5.55. The average Bonchev–Trinajstić information content (AvgIpc) is 3.36. The van der Waals surface area contributed by atoms with Gasteiger partial charge in [0.25, 0.3) is 0 Å². The van der Waals surface area contributed by atoms with Crippen LogP contribution >= 0.6 is 7.82 Å². The number of phosphoric acid groups is 1. The van der Waals surface area contributed by atoms with Gasteiger partial charge < -0.3 is 18.1 Å². The monoisotopic (exact) mass is 577 g/mol. The molecule has 0 aliphatic rings. The minimum Gasteiger partial charge on any atom is -0.487 e. The predicted molar refractivity (Wildman–Crippen MR) is 132 cm³/mol. The van der Waals surface area contributed by atoms with E-state index in [4.69, 9.17) is 23.4 Å². The molecule has 2 aromatic heterocycles. The highest BCUT2D eigenvalue weighted by Crippen LogP contribution is 2.38. The van der Waals surface area contributed by atoms with Crippen molar-refractivity contribution in [1.29, 1.82) is 0 Å². The number of halogens is 4. The van der Waals surface area contributed by atoms with E-state index >= 15 is 0 Å². The Hall–Kier alpha value is -4.45. The Morgan fingerprint density at radius 1 is 0.900 bits per heavy atom. The quantitative estimate of drug-likeness (QED) is 0.168. The van der Waals surface area contributed by atoms with Crippen LogP contribution in [0.15, 0.2) is 86.8 Å². The summed E-state index contributed by atoms with van der Waals surface area (Å²) in [4.78, 5) is 34.9. The highest BCUT2D eigenvalue weighted by Gasteiger charge is 2.32. The molecule has 14 heteroatoms. The summed E-state index contributed by atoms with van der Waals surface area (Å²) in [5.41, 5.74) is -0.688. The molecule has 40 heavy (non-hydrogen) atoms. The van der Waals surface area contributed by atoms with E-state index < -0.39 is 25.4 Å². The predicted octanol–water partition coefficient (Wildman–Crippen LogP) is 6.32. The van der Waals surface area contributed by atoms with Crippen molar-refractivity contribution >= 4 is 18.8 Å². The molecule has 0 radical (unpaired) electrons. The van der Waals surface area contributed by atoms with Crippen molar-refractivity contribution < 1.29 is 50.0 Å². The van der Waals surface area contributed by atoms with Crippen LogP contribution in [0.1, 0.15) is 11.3 Å². The third-order valence-corrected chi connectivity index (χ3v) is 5.99. The van der Waals surface area contributed by atoms with Gasteiger partial charge in [-0.2, -0.15) is 13.2 Å². The van der Waals surface area contributed by atoms with E-state index in [0.29, 0.717) is 11.6 Å². The van der Waals surface area contributed by atoms with Crippen LogP contribution in [-0.2, 0) is 17.3 Å². The Kier molecular flexibility index (Phi) is 6.96. The van der Waals surface area contributed by atoms with Gasteiger partial charge in [-0.15, -0.1) is 0 Å². The van der Waals surface area contributed by atoms with Gasteiger partial charge in [0, 0.05) is 11.6 Å². The number of aromatic nitrogens is 1. The smallest absolute Gasteiger partial charge is 0.487 e. The summed E-state index contributed by atoms with van der Waals surface area (Å²) in [7, 11) is -4.72. The first-order chi connectivity index (χ1) is 18.9. The topological polar surface area (TPSA) is 132 Å². The number of hydrogen-bond donors (Lipinski definition) is 2. The molecule has 0 amide bonds. The summed E-state index contributed by atoms with van der Waals surface area (Å²) in [6.45, 7) is -0.151. The summed E-state index contributed by atoms with van der Waals surface area (Å²) in [5.74, 6) is -1.10. The number of nitrogens with zero attached hydrogens (tertiary/aromatic N) is 1. The second-order valence-corrected chi connectivity index (χ2v) is 9.57. The number of fused-ring (bicyclic) bond motifs is 1. The lowest BCUT2D eigenvalue weighted by atomic mass is 10.1. The molecule has 5 rings (SSSR count). The van der Waals surface area contributed by atoms with E-state index in [2.05, 4.69) is 9.51 Å². The molecule has 0 aliphatic heterocycles. The van der Waals surface area contributed by atoms with E-state index in [1.54, 1.807) is 0 Å². The van der Waals surface area contributed by atoms with Gasteiger partial charge in [-0.05, 0) is 48.0 Å². The first-order valence-corrected chi connectivity index (χ1v) is 12.8. The minimum absolute atomic E-state index is 0.0785. The van der Waals surface area contributed by atoms with E-state index in [9.17, 15) is 26.9 Å². The molecule has 0 saturated heterocycles. The van der Waals surface area contributed by atoms with Crippen LogP contribution in [0.25, 0.3) is 33.6 Å². The van der Waals surface area contributed by atoms with Crippen LogP contribution in [0.2, 0.25) is 0 Å². The molecule has 3 aromatic carbocycles. The second-order valence-electron chi connectivity index (χ2n) is 8.40. The summed E-state index contributed by atoms with van der Waals surface area (Å²) in [5, 5.41) is 0.232. The largest absolute Gasteiger partial charge is 0.524 e. The number of hydrogen-bond acceptors (Lipinski definition) is 7. The molecule has 206 valence electrons. The number of oxazole rings is 1. The van der Waals surface area contributed by atoms with E-state index in [1.165, 1.54) is 48.7 Å². The van der Waals surface area contributed by atoms with Gasteiger partial charge in [-0.1, -0.05) is 12.1 Å². The van der Waals surface area contributed by atoms with E-state index in [1.807, 2.05) is 0 Å². The Morgan fingerprint density at radius 3 is 2.33 bits per heavy atom. The second kappa shape index (κ2) is 10.3. The summed E-state index contributed by atoms with van der Waals surface area (Å²) < 4.78 is 84.6. The van der Waals surface area contributed by atoms with Crippen LogP contribution in [0.5, 0.6) is 11.5 Å². The van der Waals surface area contributed by atoms with Crippen molar-refractivity contribution in [3.05, 3.63) is 100 Å². The van der Waals surface area contributed by atoms with Crippen LogP contribution < -0.4 is 14.7 Å². The SMILES string of the molecule is O=c1c(-c2ccc(OP(=O)(O)O)cc2)coc2cc(OCc3coc(-c4cc(F)cc(C(F)(F)F)c4)n3)ccc12. The third kappa shape index (κ3) is 6.07. The molecule has 0 unspecified atom stereocenters. The Labute approximate surface area is 221 Å². The molecule has 0 saturated carbocycles. The van der Waals surface area contributed by atoms with Gasteiger partial charge in [0.05, 0.1) is 16.5 Å². The molecular weight excluding hydrogens is 561 g/mol. The molecule has 0 aliphatic carbocycles. The number of alkyl halides is 3. The lowest BCUT2D eigenvalue weighted by Crippen LogP contribution is -2.05. The molecule has 0 atom stereocenters. The lowest BCUT2D eigenvalue weighted by Gasteiger charge is -2.08. The fourth-order valence-electron chi connectivity index (χ4n) is 3.77. The number of ether oxygens (including phenoxy) is 1. The molecule has 0 spiro atoms. The van der Waals surface area contributed by atoms with Gasteiger partial charge in [-0.3, -0.25) is 14.6 Å². The molecule has 5 aromatic rings. The summed E-state index contributed by atoms with van der Waals surface area (Å²) >= 11 is 0. The van der Waals surface area contributed by atoms with Crippen LogP contribution in [0.4, 0.5) is 17.6 Å². The zero-order chi connectivity index (χ0) is 28.7. The number of phosphoric ester groups is 1. The first-order valence-electron chi connectivity index (χ1n) is 11.2. The van der Waals surface area contributed by atoms with Crippen LogP contribution in [-0.4, -0.2) is 14.8 Å². The van der Waals surface area contributed by atoms with Crippen molar-refractivity contribution in [3.63, 3.8) is 0 Å². The van der Waals surface area contributed by atoms with Gasteiger partial charge in [0.2, 0.25) is 5.89 Å². The van der Waals surface area contributed by atoms with Crippen molar-refractivity contribution in [2.24, 2.45) is 0 Å². The number of benzene rings is 3. The highest BCUT2D eigenvalue weighted by atomic mass is 31.2. The normalized spacial score (nSPS) is 12.1. The summed E-state index contributed by atoms with van der Waals surface area (Å²) in [6.07, 6.45) is -2.35. The molecule has 2 heterocycles. The van der Waals surface area contributed by atoms with Crippen molar-refractivity contribution in [3.8, 4) is 34.1 Å². The minimum atomic E-state index is -4.74. The van der Waals surface area contributed by atoms with E-state index in [-0.39, 0.29) is 57.2 Å². The van der Waals surface area contributed by atoms with Gasteiger partial charge in [-0.25, -0.2) is 13.9 Å². The van der Waals surface area contributed by atoms with Crippen molar-refractivity contribution in [2.45, 2.75) is 12.8 Å². The zero-order valence-corrected chi connectivity index (χ0v) is 20.8. The van der Waals surface area contributed by atoms with Gasteiger partial charge in [0.1, 0.15) is 47.7 Å². The fourth-order valence-corrected chi connectivity index (χ4v) is 4.17. The van der Waals surface area contributed by atoms with Gasteiger partial charge in [0.15, 0.2) is 5.43 Å². The fraction of sp³-hybridized carbons (Fsp3) is 0.0769. The molecule has 9 nitrogen and oxygen atoms in total.